The van der Waals surface area contributed by atoms with Crippen LogP contribution in [0.3, 0.4) is 0 Å². The second kappa shape index (κ2) is 7.59. The first-order valence-electron chi connectivity index (χ1n) is 10.1. The molecule has 0 atom stereocenters. The number of carbonyl (C=O) groups is 1. The minimum atomic E-state index is -0.720. The van der Waals surface area contributed by atoms with Gasteiger partial charge in [-0.1, -0.05) is 12.5 Å². The second-order valence-corrected chi connectivity index (χ2v) is 8.51. The van der Waals surface area contributed by atoms with Gasteiger partial charge in [0, 0.05) is 18.7 Å². The minimum Gasteiger partial charge on any atom is -0.443 e. The normalized spacial score (nSPS) is 14.4. The van der Waals surface area contributed by atoms with Gasteiger partial charge in [-0.05, 0) is 57.7 Å². The van der Waals surface area contributed by atoms with Crippen LogP contribution >= 0.6 is 0 Å². The summed E-state index contributed by atoms with van der Waals surface area (Å²) in [5.41, 5.74) is 1.37. The van der Waals surface area contributed by atoms with Crippen LogP contribution in [0.5, 0.6) is 0 Å². The number of ether oxygens (including phenoxy) is 1. The van der Waals surface area contributed by atoms with Gasteiger partial charge in [-0.3, -0.25) is 0 Å². The number of carbonyl (C=O) groups excluding carboxylic acids is 1. The zero-order valence-corrected chi connectivity index (χ0v) is 17.6. The van der Waals surface area contributed by atoms with Crippen molar-refractivity contribution in [3.63, 3.8) is 0 Å². The number of fused-ring (bicyclic) bond motifs is 1. The standard InChI is InChI=1S/C22H26FN5O2/c1-22(2,3)30-21(29)27(16-10-6-9-15(23)11-16)19-12-18(24-4)26-20-17(13-25-28(19)20)14-7-5-8-14/h6,9-14H,5,7-8H2,1-4H3,(H,24,26). The van der Waals surface area contributed by atoms with Crippen molar-refractivity contribution >= 4 is 29.1 Å². The first-order chi connectivity index (χ1) is 14.3. The number of hydrogen-bond donors (Lipinski definition) is 1. The molecular formula is C22H26FN5O2. The number of aromatic nitrogens is 3. The largest absolute Gasteiger partial charge is 0.443 e. The molecule has 0 spiro atoms. The van der Waals surface area contributed by atoms with Crippen LogP contribution in [0.2, 0.25) is 0 Å². The van der Waals surface area contributed by atoms with E-state index < -0.39 is 17.5 Å². The van der Waals surface area contributed by atoms with Crippen molar-refractivity contribution in [3.05, 3.63) is 47.9 Å². The van der Waals surface area contributed by atoms with E-state index >= 15 is 0 Å². The quantitative estimate of drug-likeness (QED) is 0.635. The van der Waals surface area contributed by atoms with Crippen LogP contribution in [-0.2, 0) is 4.74 Å². The third-order valence-corrected chi connectivity index (χ3v) is 5.15. The molecule has 1 amide bonds. The summed E-state index contributed by atoms with van der Waals surface area (Å²) < 4.78 is 21.3. The van der Waals surface area contributed by atoms with Gasteiger partial charge in [0.15, 0.2) is 5.65 Å². The van der Waals surface area contributed by atoms with Crippen molar-refractivity contribution in [2.24, 2.45) is 0 Å². The minimum absolute atomic E-state index is 0.347. The summed E-state index contributed by atoms with van der Waals surface area (Å²) in [6.07, 6.45) is 4.58. The van der Waals surface area contributed by atoms with Crippen molar-refractivity contribution in [1.82, 2.24) is 14.6 Å². The van der Waals surface area contributed by atoms with Gasteiger partial charge in [0.1, 0.15) is 23.1 Å². The highest BCUT2D eigenvalue weighted by Crippen LogP contribution is 2.39. The topological polar surface area (TPSA) is 71.8 Å². The Balaban J connectivity index is 1.91. The van der Waals surface area contributed by atoms with Crippen molar-refractivity contribution < 1.29 is 13.9 Å². The maximum atomic E-state index is 14.0. The summed E-state index contributed by atoms with van der Waals surface area (Å²) in [5, 5.41) is 7.58. The fraction of sp³-hybridized carbons (Fsp3) is 0.409. The van der Waals surface area contributed by atoms with E-state index in [1.54, 1.807) is 50.5 Å². The van der Waals surface area contributed by atoms with Gasteiger partial charge in [0.2, 0.25) is 0 Å². The lowest BCUT2D eigenvalue weighted by atomic mass is 9.81. The Labute approximate surface area is 174 Å². The number of nitrogens with zero attached hydrogens (tertiary/aromatic N) is 4. The third kappa shape index (κ3) is 3.81. The van der Waals surface area contributed by atoms with E-state index in [0.29, 0.717) is 28.9 Å². The van der Waals surface area contributed by atoms with Crippen LogP contribution in [0.25, 0.3) is 5.65 Å². The molecule has 1 aromatic carbocycles. The summed E-state index contributed by atoms with van der Waals surface area (Å²) in [6.45, 7) is 5.37. The molecular weight excluding hydrogens is 385 g/mol. The van der Waals surface area contributed by atoms with E-state index in [9.17, 15) is 9.18 Å². The summed E-state index contributed by atoms with van der Waals surface area (Å²) in [7, 11) is 1.77. The SMILES string of the molecule is CNc1cc(N(C(=O)OC(C)(C)C)c2cccc(F)c2)n2ncc(C3CCC3)c2n1. The summed E-state index contributed by atoms with van der Waals surface area (Å²) in [5.74, 6) is 0.980. The molecule has 30 heavy (non-hydrogen) atoms. The number of rotatable bonds is 4. The van der Waals surface area contributed by atoms with Crippen molar-refractivity contribution in [1.29, 1.82) is 0 Å². The summed E-state index contributed by atoms with van der Waals surface area (Å²) in [4.78, 5) is 19.2. The number of anilines is 3. The number of halogens is 1. The fourth-order valence-corrected chi connectivity index (χ4v) is 3.51. The maximum absolute atomic E-state index is 14.0. The molecule has 2 aromatic heterocycles. The molecule has 1 aliphatic rings. The molecule has 7 nitrogen and oxygen atoms in total. The molecule has 2 heterocycles. The zero-order valence-electron chi connectivity index (χ0n) is 17.6. The Bertz CT molecular complexity index is 1080. The number of amides is 1. The van der Waals surface area contributed by atoms with E-state index in [2.05, 4.69) is 15.4 Å². The summed E-state index contributed by atoms with van der Waals surface area (Å²) >= 11 is 0. The fourth-order valence-electron chi connectivity index (χ4n) is 3.51. The number of benzene rings is 1. The lowest BCUT2D eigenvalue weighted by Gasteiger charge is -2.28. The van der Waals surface area contributed by atoms with Crippen LogP contribution in [0.1, 0.15) is 51.5 Å². The Morgan fingerprint density at radius 2 is 2.07 bits per heavy atom. The van der Waals surface area contributed by atoms with E-state index in [-0.39, 0.29) is 0 Å². The molecule has 0 saturated heterocycles. The molecule has 4 rings (SSSR count). The first-order valence-corrected chi connectivity index (χ1v) is 10.1. The lowest BCUT2D eigenvalue weighted by Crippen LogP contribution is -2.35. The third-order valence-electron chi connectivity index (χ3n) is 5.15. The highest BCUT2D eigenvalue weighted by molar-refractivity contribution is 5.96. The van der Waals surface area contributed by atoms with Gasteiger partial charge in [-0.15, -0.1) is 0 Å². The van der Waals surface area contributed by atoms with Crippen LogP contribution in [0, 0.1) is 5.82 Å². The van der Waals surface area contributed by atoms with Crippen LogP contribution < -0.4 is 10.2 Å². The van der Waals surface area contributed by atoms with Gasteiger partial charge in [0.25, 0.3) is 0 Å². The lowest BCUT2D eigenvalue weighted by molar-refractivity contribution is 0.0597. The highest BCUT2D eigenvalue weighted by atomic mass is 19.1. The molecule has 0 radical (unpaired) electrons. The van der Waals surface area contributed by atoms with Gasteiger partial charge in [-0.25, -0.2) is 19.1 Å². The Hall–Kier alpha value is -3.16. The molecule has 0 unspecified atom stereocenters. The van der Waals surface area contributed by atoms with Gasteiger partial charge >= 0.3 is 6.09 Å². The average Bonchev–Trinajstić information content (AvgIpc) is 3.02. The molecule has 0 aliphatic heterocycles. The van der Waals surface area contributed by atoms with Gasteiger partial charge < -0.3 is 10.1 Å². The molecule has 158 valence electrons. The predicted molar refractivity (Wildman–Crippen MR) is 114 cm³/mol. The predicted octanol–water partition coefficient (Wildman–Crippen LogP) is 5.25. The molecule has 8 heteroatoms. The Kier molecular flexibility index (Phi) is 5.09. The smallest absolute Gasteiger partial charge is 0.420 e. The Morgan fingerprint density at radius 1 is 1.30 bits per heavy atom. The van der Waals surface area contributed by atoms with Crippen molar-refractivity contribution in [3.8, 4) is 0 Å². The van der Waals surface area contributed by atoms with Crippen LogP contribution in [0.4, 0.5) is 26.5 Å². The van der Waals surface area contributed by atoms with E-state index in [0.717, 1.165) is 18.4 Å². The van der Waals surface area contributed by atoms with Gasteiger partial charge in [-0.2, -0.15) is 9.61 Å². The molecule has 1 saturated carbocycles. The van der Waals surface area contributed by atoms with Crippen molar-refractivity contribution in [2.75, 3.05) is 17.3 Å². The van der Waals surface area contributed by atoms with Gasteiger partial charge in [0.05, 0.1) is 11.9 Å². The maximum Gasteiger partial charge on any atom is 0.420 e. The van der Waals surface area contributed by atoms with Crippen LogP contribution in [0.15, 0.2) is 36.5 Å². The van der Waals surface area contributed by atoms with E-state index in [1.807, 2.05) is 6.20 Å². The molecule has 3 aromatic rings. The molecule has 1 N–H and O–H groups in total. The van der Waals surface area contributed by atoms with Crippen LogP contribution in [-0.4, -0.2) is 33.3 Å². The second-order valence-electron chi connectivity index (χ2n) is 8.51. The first kappa shape index (κ1) is 20.1. The molecule has 1 aliphatic carbocycles. The number of nitrogens with one attached hydrogen (secondary N) is 1. The molecule has 0 bridgehead atoms. The average molecular weight is 411 g/mol. The highest BCUT2D eigenvalue weighted by Gasteiger charge is 2.30. The molecule has 1 fully saturated rings. The zero-order chi connectivity index (χ0) is 21.5. The van der Waals surface area contributed by atoms with E-state index in [4.69, 9.17) is 4.74 Å². The van der Waals surface area contributed by atoms with Crippen molar-refractivity contribution in [2.45, 2.75) is 51.6 Å². The summed E-state index contributed by atoms with van der Waals surface area (Å²) in [6, 6.07) is 7.56. The Morgan fingerprint density at radius 3 is 2.67 bits per heavy atom. The number of hydrogen-bond acceptors (Lipinski definition) is 5. The van der Waals surface area contributed by atoms with E-state index in [1.165, 1.54) is 23.5 Å². The monoisotopic (exact) mass is 411 g/mol.